The van der Waals surface area contributed by atoms with Crippen molar-refractivity contribution in [2.24, 2.45) is 0 Å². The highest BCUT2D eigenvalue weighted by molar-refractivity contribution is 9.10. The molecule has 0 bridgehead atoms. The summed E-state index contributed by atoms with van der Waals surface area (Å²) in [5.74, 6) is -0.0540. The molecule has 0 spiro atoms. The third-order valence-corrected chi connectivity index (χ3v) is 6.74. The van der Waals surface area contributed by atoms with Crippen molar-refractivity contribution in [2.45, 2.75) is 37.3 Å². The zero-order chi connectivity index (χ0) is 20.4. The smallest absolute Gasteiger partial charge is 0.252 e. The fourth-order valence-electron chi connectivity index (χ4n) is 4.70. The molecule has 2 aromatic carbocycles. The van der Waals surface area contributed by atoms with Crippen LogP contribution in [0, 0.1) is 0 Å². The lowest BCUT2D eigenvalue weighted by atomic mass is 9.82. The lowest BCUT2D eigenvalue weighted by Gasteiger charge is -2.44. The summed E-state index contributed by atoms with van der Waals surface area (Å²) in [6, 6.07) is 17.8. The Hall–Kier alpha value is -2.24. The van der Waals surface area contributed by atoms with Gasteiger partial charge in [-0.1, -0.05) is 59.1 Å². The number of rotatable bonds is 5. The van der Waals surface area contributed by atoms with Crippen molar-refractivity contribution in [3.05, 3.63) is 76.4 Å². The molecule has 0 radical (unpaired) electrons. The number of pyridine rings is 1. The Balaban J connectivity index is 1.76. The van der Waals surface area contributed by atoms with Crippen molar-refractivity contribution in [1.29, 1.82) is 0 Å². The van der Waals surface area contributed by atoms with E-state index in [0.29, 0.717) is 5.56 Å². The molecule has 1 heterocycles. The van der Waals surface area contributed by atoms with Crippen LogP contribution in [0.2, 0.25) is 0 Å². The third kappa shape index (κ3) is 3.81. The minimum Gasteiger partial charge on any atom is -0.343 e. The van der Waals surface area contributed by atoms with Gasteiger partial charge in [-0.3, -0.25) is 9.78 Å². The van der Waals surface area contributed by atoms with Crippen LogP contribution in [-0.4, -0.2) is 35.4 Å². The number of nitrogens with zero attached hydrogens (tertiary/aromatic N) is 2. The molecular formula is C24H26BrN3O. The lowest BCUT2D eigenvalue weighted by molar-refractivity contribution is 0.0767. The van der Waals surface area contributed by atoms with Crippen LogP contribution in [0.3, 0.4) is 0 Å². The van der Waals surface area contributed by atoms with Gasteiger partial charge in [-0.05, 0) is 56.8 Å². The summed E-state index contributed by atoms with van der Waals surface area (Å²) in [5.41, 5.74) is 2.53. The van der Waals surface area contributed by atoms with Crippen LogP contribution in [0.1, 0.15) is 47.6 Å². The van der Waals surface area contributed by atoms with E-state index >= 15 is 0 Å². The molecular weight excluding hydrogens is 426 g/mol. The van der Waals surface area contributed by atoms with Crippen LogP contribution >= 0.6 is 15.9 Å². The Morgan fingerprint density at radius 3 is 2.59 bits per heavy atom. The number of amides is 1. The molecule has 1 aliphatic rings. The molecule has 1 aliphatic carbocycles. The molecule has 1 atom stereocenters. The molecule has 29 heavy (non-hydrogen) atoms. The summed E-state index contributed by atoms with van der Waals surface area (Å²) < 4.78 is 1.02. The zero-order valence-electron chi connectivity index (χ0n) is 16.9. The maximum absolute atomic E-state index is 13.5. The number of hydrogen-bond donors (Lipinski definition) is 1. The lowest BCUT2D eigenvalue weighted by Crippen LogP contribution is -2.53. The van der Waals surface area contributed by atoms with Gasteiger partial charge < -0.3 is 10.2 Å². The summed E-state index contributed by atoms with van der Waals surface area (Å²) in [4.78, 5) is 20.2. The Kier molecular flexibility index (Phi) is 5.70. The van der Waals surface area contributed by atoms with Crippen LogP contribution in [0.4, 0.5) is 0 Å². The second kappa shape index (κ2) is 8.25. The largest absolute Gasteiger partial charge is 0.343 e. The molecule has 0 saturated heterocycles. The van der Waals surface area contributed by atoms with E-state index in [2.05, 4.69) is 57.4 Å². The maximum Gasteiger partial charge on any atom is 0.252 e. The van der Waals surface area contributed by atoms with E-state index in [1.807, 2.05) is 42.5 Å². The van der Waals surface area contributed by atoms with Gasteiger partial charge in [0.15, 0.2) is 0 Å². The van der Waals surface area contributed by atoms with E-state index in [1.165, 1.54) is 12.8 Å². The first-order valence-corrected chi connectivity index (χ1v) is 10.9. The second-order valence-electron chi connectivity index (χ2n) is 8.04. The number of likely N-dealkylation sites (N-methyl/N-ethyl adjacent to an activating group) is 1. The van der Waals surface area contributed by atoms with Crippen LogP contribution in [0.5, 0.6) is 0 Å². The van der Waals surface area contributed by atoms with Crippen molar-refractivity contribution in [3.63, 3.8) is 0 Å². The van der Waals surface area contributed by atoms with Crippen LogP contribution in [-0.2, 0) is 0 Å². The minimum atomic E-state index is -0.100. The van der Waals surface area contributed by atoms with Gasteiger partial charge in [-0.25, -0.2) is 0 Å². The topological polar surface area (TPSA) is 45.2 Å². The summed E-state index contributed by atoms with van der Waals surface area (Å²) in [6.07, 6.45) is 6.19. The van der Waals surface area contributed by atoms with Crippen molar-refractivity contribution in [3.8, 4) is 0 Å². The van der Waals surface area contributed by atoms with E-state index in [4.69, 9.17) is 0 Å². The number of benzene rings is 2. The Bertz CT molecular complexity index is 1020. The van der Waals surface area contributed by atoms with Gasteiger partial charge in [0.2, 0.25) is 0 Å². The van der Waals surface area contributed by atoms with E-state index in [1.54, 1.807) is 6.20 Å². The number of hydrogen-bond acceptors (Lipinski definition) is 3. The van der Waals surface area contributed by atoms with Crippen LogP contribution in [0.25, 0.3) is 10.9 Å². The van der Waals surface area contributed by atoms with E-state index in [9.17, 15) is 4.79 Å². The molecule has 1 unspecified atom stereocenters. The number of fused-ring (bicyclic) bond motifs is 1. The molecule has 1 amide bonds. The summed E-state index contributed by atoms with van der Waals surface area (Å²) in [6.45, 7) is 0. The Morgan fingerprint density at radius 2 is 1.86 bits per heavy atom. The van der Waals surface area contributed by atoms with Gasteiger partial charge >= 0.3 is 0 Å². The van der Waals surface area contributed by atoms with Crippen molar-refractivity contribution in [2.75, 3.05) is 14.1 Å². The zero-order valence-corrected chi connectivity index (χ0v) is 18.4. The number of aromatic nitrogens is 1. The number of carbonyl (C=O) groups excluding carboxylic acids is 1. The first-order chi connectivity index (χ1) is 14.0. The molecule has 1 fully saturated rings. The van der Waals surface area contributed by atoms with Crippen LogP contribution < -0.4 is 5.32 Å². The molecule has 1 aromatic heterocycles. The van der Waals surface area contributed by atoms with Gasteiger partial charge in [-0.15, -0.1) is 0 Å². The van der Waals surface area contributed by atoms with E-state index in [0.717, 1.165) is 33.8 Å². The molecule has 3 aromatic rings. The van der Waals surface area contributed by atoms with Crippen LogP contribution in [0.15, 0.2) is 65.3 Å². The fourth-order valence-corrected chi connectivity index (χ4v) is 5.12. The van der Waals surface area contributed by atoms with Gasteiger partial charge in [0.05, 0.1) is 17.1 Å². The predicted molar refractivity (Wildman–Crippen MR) is 121 cm³/mol. The third-order valence-electron chi connectivity index (χ3n) is 6.25. The minimum absolute atomic E-state index is 0.0540. The Labute approximate surface area is 180 Å². The van der Waals surface area contributed by atoms with Gasteiger partial charge in [0.1, 0.15) is 0 Å². The summed E-state index contributed by atoms with van der Waals surface area (Å²) >= 11 is 3.60. The monoisotopic (exact) mass is 451 g/mol. The molecule has 5 heteroatoms. The number of carbonyl (C=O) groups is 1. The number of nitrogens with one attached hydrogen (secondary N) is 1. The van der Waals surface area contributed by atoms with Gasteiger partial charge in [0, 0.05) is 21.6 Å². The van der Waals surface area contributed by atoms with Crippen molar-refractivity contribution >= 4 is 32.7 Å². The normalized spacial score (nSPS) is 16.8. The fraction of sp³-hybridized carbons (Fsp3) is 0.333. The molecule has 0 aliphatic heterocycles. The van der Waals surface area contributed by atoms with Gasteiger partial charge in [0.25, 0.3) is 5.91 Å². The molecule has 150 valence electrons. The highest BCUT2D eigenvalue weighted by atomic mass is 79.9. The quantitative estimate of drug-likeness (QED) is 0.568. The Morgan fingerprint density at radius 1 is 1.10 bits per heavy atom. The van der Waals surface area contributed by atoms with E-state index < -0.39 is 0 Å². The number of halogens is 1. The SMILES string of the molecule is CN(C)C1(C(NC(=O)c2ccnc3ccccc23)c2cccc(Br)c2)CCCC1. The first kappa shape index (κ1) is 20.0. The highest BCUT2D eigenvalue weighted by Gasteiger charge is 2.44. The number of para-hydroxylation sites is 1. The summed E-state index contributed by atoms with van der Waals surface area (Å²) in [5, 5.41) is 4.28. The molecule has 4 rings (SSSR count). The first-order valence-electron chi connectivity index (χ1n) is 10.1. The predicted octanol–water partition coefficient (Wildman–Crippen LogP) is 5.34. The highest BCUT2D eigenvalue weighted by Crippen LogP contribution is 2.44. The van der Waals surface area contributed by atoms with E-state index in [-0.39, 0.29) is 17.5 Å². The summed E-state index contributed by atoms with van der Waals surface area (Å²) in [7, 11) is 4.26. The average molecular weight is 452 g/mol. The standard InChI is InChI=1S/C24H26BrN3O/c1-28(2)24(13-5-6-14-24)22(17-8-7-9-18(25)16-17)27-23(29)20-12-15-26-21-11-4-3-10-19(20)21/h3-4,7-12,15-16,22H,5-6,13-14H2,1-2H3,(H,27,29). The van der Waals surface area contributed by atoms with Crippen molar-refractivity contribution < 1.29 is 4.79 Å². The van der Waals surface area contributed by atoms with Gasteiger partial charge in [-0.2, -0.15) is 0 Å². The molecule has 4 nitrogen and oxygen atoms in total. The molecule has 1 saturated carbocycles. The second-order valence-corrected chi connectivity index (χ2v) is 8.96. The van der Waals surface area contributed by atoms with Crippen molar-refractivity contribution in [1.82, 2.24) is 15.2 Å². The average Bonchev–Trinajstić information content (AvgIpc) is 3.22. The molecule has 1 N–H and O–H groups in total. The maximum atomic E-state index is 13.5.